The van der Waals surface area contributed by atoms with Crippen LogP contribution in [0.2, 0.25) is 0 Å². The predicted molar refractivity (Wildman–Crippen MR) is 121 cm³/mol. The average Bonchev–Trinajstić information content (AvgIpc) is 2.79. The summed E-state index contributed by atoms with van der Waals surface area (Å²) in [6.07, 6.45) is 22.9. The number of amidine groups is 1. The quantitative estimate of drug-likeness (QED) is 0.671. The molecule has 4 aliphatic carbocycles. The molecule has 0 spiro atoms. The van der Waals surface area contributed by atoms with E-state index in [0.29, 0.717) is 18.4 Å². The minimum absolute atomic E-state index is 0.0370. The summed E-state index contributed by atoms with van der Waals surface area (Å²) in [5.74, 6) is 2.08. The third kappa shape index (κ3) is 3.76. The van der Waals surface area contributed by atoms with Gasteiger partial charge in [-0.2, -0.15) is 0 Å². The Morgan fingerprint density at radius 3 is 2.87 bits per heavy atom. The molecule has 6 atom stereocenters. The Kier molecular flexibility index (Phi) is 5.79. The molecular formula is C26H34N2O2. The normalized spacial score (nSPS) is 37.8. The summed E-state index contributed by atoms with van der Waals surface area (Å²) in [5.41, 5.74) is 4.46. The summed E-state index contributed by atoms with van der Waals surface area (Å²) in [7, 11) is 0. The summed E-state index contributed by atoms with van der Waals surface area (Å²) < 4.78 is 6.04. The highest BCUT2D eigenvalue weighted by atomic mass is 16.5. The molecule has 0 saturated heterocycles. The van der Waals surface area contributed by atoms with Crippen molar-refractivity contribution in [3.63, 3.8) is 0 Å². The zero-order valence-electron chi connectivity index (χ0n) is 18.0. The van der Waals surface area contributed by atoms with Gasteiger partial charge in [-0.3, -0.25) is 4.99 Å². The largest absolute Gasteiger partial charge is 0.388 e. The van der Waals surface area contributed by atoms with Crippen molar-refractivity contribution in [3.8, 4) is 0 Å². The van der Waals surface area contributed by atoms with Gasteiger partial charge in [0.15, 0.2) is 0 Å². The second-order valence-corrected chi connectivity index (χ2v) is 9.15. The Morgan fingerprint density at radius 2 is 2.00 bits per heavy atom. The molecule has 1 aliphatic heterocycles. The number of nitrogens with one attached hydrogen (secondary N) is 1. The van der Waals surface area contributed by atoms with Gasteiger partial charge in [0, 0.05) is 24.9 Å². The summed E-state index contributed by atoms with van der Waals surface area (Å²) >= 11 is 0. The van der Waals surface area contributed by atoms with E-state index in [4.69, 9.17) is 9.73 Å². The lowest BCUT2D eigenvalue weighted by molar-refractivity contribution is 0.0369. The summed E-state index contributed by atoms with van der Waals surface area (Å²) in [5, 5.41) is 14.1. The van der Waals surface area contributed by atoms with Gasteiger partial charge >= 0.3 is 0 Å². The number of ether oxygens (including phenoxy) is 1. The van der Waals surface area contributed by atoms with E-state index < -0.39 is 6.10 Å². The smallest absolute Gasteiger partial charge is 0.130 e. The second-order valence-electron chi connectivity index (χ2n) is 9.15. The van der Waals surface area contributed by atoms with Gasteiger partial charge in [0.25, 0.3) is 0 Å². The molecule has 0 amide bonds. The third-order valence-corrected chi connectivity index (χ3v) is 7.29. The van der Waals surface area contributed by atoms with E-state index in [2.05, 4.69) is 41.8 Å². The first-order valence-corrected chi connectivity index (χ1v) is 11.8. The molecule has 0 bridgehead atoms. The number of hydrogen-bond acceptors (Lipinski definition) is 4. The number of rotatable bonds is 4. The Balaban J connectivity index is 1.52. The lowest BCUT2D eigenvalue weighted by atomic mass is 9.68. The van der Waals surface area contributed by atoms with Crippen LogP contribution in [-0.4, -0.2) is 35.9 Å². The minimum atomic E-state index is -0.466. The van der Waals surface area contributed by atoms with Crippen LogP contribution in [0, 0.1) is 17.8 Å². The Morgan fingerprint density at radius 1 is 1.13 bits per heavy atom. The minimum Gasteiger partial charge on any atom is -0.388 e. The van der Waals surface area contributed by atoms with Crippen molar-refractivity contribution in [2.75, 3.05) is 6.61 Å². The SMILES string of the molecule is CCOC1CC(C2=CC3CCC=CC3C3=C2CCC=C3)N=C(C2CCC=CC2O)N1. The van der Waals surface area contributed by atoms with E-state index in [0.717, 1.165) is 37.9 Å². The van der Waals surface area contributed by atoms with E-state index in [1.807, 2.05) is 13.0 Å². The fourth-order valence-electron chi connectivity index (χ4n) is 5.83. The molecule has 0 radical (unpaired) electrons. The Hall–Kier alpha value is -1.91. The van der Waals surface area contributed by atoms with Crippen molar-refractivity contribution in [2.24, 2.45) is 22.7 Å². The van der Waals surface area contributed by atoms with Crippen LogP contribution < -0.4 is 5.32 Å². The zero-order chi connectivity index (χ0) is 20.5. The molecule has 0 fully saturated rings. The molecule has 4 heteroatoms. The monoisotopic (exact) mass is 406 g/mol. The van der Waals surface area contributed by atoms with Gasteiger partial charge in [0.2, 0.25) is 0 Å². The van der Waals surface area contributed by atoms with Gasteiger partial charge in [-0.25, -0.2) is 0 Å². The molecule has 30 heavy (non-hydrogen) atoms. The van der Waals surface area contributed by atoms with Crippen molar-refractivity contribution in [1.29, 1.82) is 0 Å². The molecule has 5 rings (SSSR count). The summed E-state index contributed by atoms with van der Waals surface area (Å²) in [6, 6.07) is 0.110. The van der Waals surface area contributed by atoms with Crippen molar-refractivity contribution in [1.82, 2.24) is 5.32 Å². The van der Waals surface area contributed by atoms with E-state index >= 15 is 0 Å². The van der Waals surface area contributed by atoms with Gasteiger partial charge < -0.3 is 15.2 Å². The van der Waals surface area contributed by atoms with E-state index in [9.17, 15) is 5.11 Å². The van der Waals surface area contributed by atoms with Crippen LogP contribution in [0.1, 0.15) is 51.9 Å². The van der Waals surface area contributed by atoms with E-state index in [1.54, 1.807) is 0 Å². The number of aliphatic imine (C=N–C) groups is 1. The maximum absolute atomic E-state index is 10.6. The van der Waals surface area contributed by atoms with Crippen molar-refractivity contribution in [2.45, 2.75) is 70.2 Å². The highest BCUT2D eigenvalue weighted by Gasteiger charge is 2.37. The first kappa shape index (κ1) is 20.0. The Bertz CT molecular complexity index is 847. The molecule has 4 nitrogen and oxygen atoms in total. The maximum Gasteiger partial charge on any atom is 0.130 e. The molecule has 6 unspecified atom stereocenters. The lowest BCUT2D eigenvalue weighted by Gasteiger charge is -2.40. The number of allylic oxidation sites excluding steroid dienone is 7. The summed E-state index contributed by atoms with van der Waals surface area (Å²) in [6.45, 7) is 2.72. The number of hydrogen-bond donors (Lipinski definition) is 2. The van der Waals surface area contributed by atoms with Crippen LogP contribution in [0.4, 0.5) is 0 Å². The van der Waals surface area contributed by atoms with Gasteiger partial charge in [0.05, 0.1) is 12.1 Å². The first-order valence-electron chi connectivity index (χ1n) is 11.8. The molecular weight excluding hydrogens is 372 g/mol. The fraction of sp³-hybridized carbons (Fsp3) is 0.577. The number of aliphatic hydroxyl groups is 1. The van der Waals surface area contributed by atoms with Crippen LogP contribution in [0.15, 0.2) is 64.2 Å². The molecule has 2 N–H and O–H groups in total. The second kappa shape index (κ2) is 8.68. The number of fused-ring (bicyclic) bond motifs is 2. The van der Waals surface area contributed by atoms with Gasteiger partial charge in [0.1, 0.15) is 12.1 Å². The standard InChI is InChI=1S/C26H34N2O2/c1-2-30-25-16-23(27-26(28-25)21-13-7-8-14-24(21)29)22-15-17-9-3-4-10-18(17)19-11-5-6-12-20(19)22/h4-5,8,10-11,14-15,17-18,21,23-25,29H,2-3,6-7,9,12-13,16H2,1H3,(H,27,28). The number of nitrogens with zero attached hydrogens (tertiary/aromatic N) is 1. The topological polar surface area (TPSA) is 53.9 Å². The zero-order valence-corrected chi connectivity index (χ0v) is 18.0. The highest BCUT2D eigenvalue weighted by Crippen LogP contribution is 2.45. The van der Waals surface area contributed by atoms with Crippen LogP contribution in [0.5, 0.6) is 0 Å². The van der Waals surface area contributed by atoms with E-state index in [1.165, 1.54) is 29.6 Å². The summed E-state index contributed by atoms with van der Waals surface area (Å²) in [4.78, 5) is 5.23. The first-order chi connectivity index (χ1) is 14.7. The average molecular weight is 407 g/mol. The fourth-order valence-corrected chi connectivity index (χ4v) is 5.83. The molecule has 0 aromatic heterocycles. The van der Waals surface area contributed by atoms with Crippen molar-refractivity contribution in [3.05, 3.63) is 59.3 Å². The third-order valence-electron chi connectivity index (χ3n) is 7.29. The predicted octanol–water partition coefficient (Wildman–Crippen LogP) is 4.61. The van der Waals surface area contributed by atoms with Crippen LogP contribution in [-0.2, 0) is 4.74 Å². The molecule has 160 valence electrons. The molecule has 0 aromatic carbocycles. The molecule has 1 heterocycles. The van der Waals surface area contributed by atoms with Crippen molar-refractivity contribution >= 4 is 5.84 Å². The number of aliphatic hydroxyl groups excluding tert-OH is 1. The van der Waals surface area contributed by atoms with Crippen LogP contribution in [0.25, 0.3) is 0 Å². The maximum atomic E-state index is 10.6. The van der Waals surface area contributed by atoms with Gasteiger partial charge in [-0.15, -0.1) is 0 Å². The highest BCUT2D eigenvalue weighted by molar-refractivity contribution is 5.87. The van der Waals surface area contributed by atoms with Crippen LogP contribution in [0.3, 0.4) is 0 Å². The lowest BCUT2D eigenvalue weighted by Crippen LogP contribution is -2.50. The Labute approximate surface area is 180 Å². The molecule has 0 aromatic rings. The molecule has 5 aliphatic rings. The van der Waals surface area contributed by atoms with Gasteiger partial charge in [-0.1, -0.05) is 42.5 Å². The van der Waals surface area contributed by atoms with Crippen molar-refractivity contribution < 1.29 is 9.84 Å². The van der Waals surface area contributed by atoms with E-state index in [-0.39, 0.29) is 18.2 Å². The van der Waals surface area contributed by atoms with Gasteiger partial charge in [-0.05, 0) is 68.1 Å². The van der Waals surface area contributed by atoms with Crippen LogP contribution >= 0.6 is 0 Å². The molecule has 0 saturated carbocycles.